The number of fused-ring (bicyclic) bond motifs is 1. The molecule has 0 spiro atoms. The molecule has 0 atom stereocenters. The first-order valence-corrected chi connectivity index (χ1v) is 4.03. The normalized spacial score (nSPS) is 10.5. The second kappa shape index (κ2) is 2.62. The van der Waals surface area contributed by atoms with Gasteiger partial charge < -0.3 is 10.3 Å². The number of nitrogens with two attached hydrogens (primary N) is 1. The monoisotopic (exact) mass is 174 g/mol. The number of benzene rings is 1. The van der Waals surface area contributed by atoms with Gasteiger partial charge in [-0.25, -0.2) is 0 Å². The minimum Gasteiger partial charge on any atom is -0.366 e. The number of carbonyl (C=O) groups excluding carboxylic acids is 1. The fraction of sp³-hybridized carbons (Fsp3) is 0.100. The molecule has 3 nitrogen and oxygen atoms in total. The van der Waals surface area contributed by atoms with Crippen LogP contribution in [0.2, 0.25) is 0 Å². The zero-order valence-corrected chi connectivity index (χ0v) is 7.32. The molecule has 0 radical (unpaired) electrons. The van der Waals surface area contributed by atoms with Gasteiger partial charge in [0.1, 0.15) is 0 Å². The van der Waals surface area contributed by atoms with E-state index in [2.05, 4.69) is 0 Å². The van der Waals surface area contributed by atoms with Crippen LogP contribution >= 0.6 is 0 Å². The third-order valence-electron chi connectivity index (χ3n) is 2.17. The number of aryl methyl sites for hydroxylation is 1. The molecule has 2 rings (SSSR count). The van der Waals surface area contributed by atoms with E-state index in [9.17, 15) is 4.79 Å². The van der Waals surface area contributed by atoms with Gasteiger partial charge >= 0.3 is 0 Å². The molecule has 13 heavy (non-hydrogen) atoms. The zero-order valence-electron chi connectivity index (χ0n) is 7.32. The largest absolute Gasteiger partial charge is 0.366 e. The van der Waals surface area contributed by atoms with Crippen molar-refractivity contribution in [3.8, 4) is 0 Å². The SMILES string of the molecule is Cn1ccc2cc(C(N)=O)ccc21. The van der Waals surface area contributed by atoms with Crippen molar-refractivity contribution in [3.63, 3.8) is 0 Å². The van der Waals surface area contributed by atoms with Crippen molar-refractivity contribution < 1.29 is 4.79 Å². The summed E-state index contributed by atoms with van der Waals surface area (Å²) in [5.41, 5.74) is 6.82. The van der Waals surface area contributed by atoms with E-state index in [0.29, 0.717) is 5.56 Å². The quantitative estimate of drug-likeness (QED) is 0.695. The minimum atomic E-state index is -0.384. The molecule has 0 aliphatic rings. The molecule has 0 fully saturated rings. The van der Waals surface area contributed by atoms with E-state index in [4.69, 9.17) is 5.73 Å². The van der Waals surface area contributed by atoms with Crippen LogP contribution in [0.15, 0.2) is 30.5 Å². The van der Waals surface area contributed by atoms with Crippen molar-refractivity contribution in [1.29, 1.82) is 0 Å². The number of hydrogen-bond donors (Lipinski definition) is 1. The van der Waals surface area contributed by atoms with Gasteiger partial charge in [0.15, 0.2) is 0 Å². The summed E-state index contributed by atoms with van der Waals surface area (Å²) in [5, 5.41) is 1.04. The lowest BCUT2D eigenvalue weighted by Crippen LogP contribution is -2.10. The van der Waals surface area contributed by atoms with Crippen molar-refractivity contribution >= 4 is 16.8 Å². The molecule has 2 N–H and O–H groups in total. The molecule has 1 aromatic heterocycles. The van der Waals surface area contributed by atoms with Crippen molar-refractivity contribution in [2.75, 3.05) is 0 Å². The Balaban J connectivity index is 2.70. The minimum absolute atomic E-state index is 0.384. The number of primary amides is 1. The predicted octanol–water partition coefficient (Wildman–Crippen LogP) is 1.28. The molecule has 1 heterocycles. The first kappa shape index (κ1) is 7.86. The van der Waals surface area contributed by atoms with Crippen LogP contribution in [-0.4, -0.2) is 10.5 Å². The van der Waals surface area contributed by atoms with E-state index in [1.165, 1.54) is 0 Å². The van der Waals surface area contributed by atoms with Gasteiger partial charge in [-0.15, -0.1) is 0 Å². The molecule has 66 valence electrons. The van der Waals surface area contributed by atoms with Crippen LogP contribution in [0.4, 0.5) is 0 Å². The average Bonchev–Trinajstić information content (AvgIpc) is 2.47. The third kappa shape index (κ3) is 1.18. The third-order valence-corrected chi connectivity index (χ3v) is 2.17. The molecule has 2 aromatic rings. The summed E-state index contributed by atoms with van der Waals surface area (Å²) in [5.74, 6) is -0.384. The summed E-state index contributed by atoms with van der Waals surface area (Å²) in [6.07, 6.45) is 1.95. The molecule has 0 saturated carbocycles. The molecule has 0 bridgehead atoms. The Morgan fingerprint density at radius 3 is 2.85 bits per heavy atom. The van der Waals surface area contributed by atoms with E-state index >= 15 is 0 Å². The molecule has 0 aliphatic heterocycles. The van der Waals surface area contributed by atoms with Gasteiger partial charge in [-0.1, -0.05) is 0 Å². The lowest BCUT2D eigenvalue weighted by molar-refractivity contribution is 0.100. The summed E-state index contributed by atoms with van der Waals surface area (Å²) in [6, 6.07) is 7.40. The molecule has 1 amide bonds. The number of rotatable bonds is 1. The Morgan fingerprint density at radius 1 is 1.38 bits per heavy atom. The highest BCUT2D eigenvalue weighted by atomic mass is 16.1. The first-order chi connectivity index (χ1) is 6.18. The number of amides is 1. The second-order valence-corrected chi connectivity index (χ2v) is 3.06. The fourth-order valence-electron chi connectivity index (χ4n) is 1.43. The molecule has 0 saturated heterocycles. The van der Waals surface area contributed by atoms with Gasteiger partial charge in [-0.2, -0.15) is 0 Å². The van der Waals surface area contributed by atoms with Crippen LogP contribution in [0.1, 0.15) is 10.4 Å². The van der Waals surface area contributed by atoms with Crippen LogP contribution in [0.5, 0.6) is 0 Å². The Labute approximate surface area is 75.8 Å². The van der Waals surface area contributed by atoms with E-state index in [0.717, 1.165) is 10.9 Å². The van der Waals surface area contributed by atoms with Gasteiger partial charge in [-0.05, 0) is 24.3 Å². The van der Waals surface area contributed by atoms with Gasteiger partial charge in [0, 0.05) is 29.7 Å². The highest BCUT2D eigenvalue weighted by Crippen LogP contribution is 2.15. The Bertz CT molecular complexity index is 471. The van der Waals surface area contributed by atoms with Crippen LogP contribution in [0.3, 0.4) is 0 Å². The lowest BCUT2D eigenvalue weighted by atomic mass is 10.1. The molecule has 1 aromatic carbocycles. The van der Waals surface area contributed by atoms with Gasteiger partial charge in [-0.3, -0.25) is 4.79 Å². The number of nitrogens with zero attached hydrogens (tertiary/aromatic N) is 1. The van der Waals surface area contributed by atoms with Crippen LogP contribution in [-0.2, 0) is 7.05 Å². The number of aromatic nitrogens is 1. The summed E-state index contributed by atoms with van der Waals surface area (Å²) in [7, 11) is 1.96. The Kier molecular flexibility index (Phi) is 1.59. The number of carbonyl (C=O) groups is 1. The smallest absolute Gasteiger partial charge is 0.248 e. The molecule has 0 aliphatic carbocycles. The van der Waals surface area contributed by atoms with E-state index in [-0.39, 0.29) is 5.91 Å². The summed E-state index contributed by atoms with van der Waals surface area (Å²) >= 11 is 0. The van der Waals surface area contributed by atoms with Gasteiger partial charge in [0.05, 0.1) is 0 Å². The average molecular weight is 174 g/mol. The summed E-state index contributed by atoms with van der Waals surface area (Å²) in [6.45, 7) is 0. The molecule has 0 unspecified atom stereocenters. The maximum absolute atomic E-state index is 10.9. The highest BCUT2D eigenvalue weighted by molar-refractivity contribution is 5.97. The Morgan fingerprint density at radius 2 is 2.15 bits per heavy atom. The summed E-state index contributed by atoms with van der Waals surface area (Å²) < 4.78 is 2.00. The molecular weight excluding hydrogens is 164 g/mol. The van der Waals surface area contributed by atoms with E-state index in [1.807, 2.05) is 29.9 Å². The number of hydrogen-bond acceptors (Lipinski definition) is 1. The second-order valence-electron chi connectivity index (χ2n) is 3.06. The van der Waals surface area contributed by atoms with Crippen molar-refractivity contribution in [1.82, 2.24) is 4.57 Å². The Hall–Kier alpha value is -1.77. The van der Waals surface area contributed by atoms with Crippen LogP contribution in [0, 0.1) is 0 Å². The lowest BCUT2D eigenvalue weighted by Gasteiger charge is -1.97. The van der Waals surface area contributed by atoms with Crippen LogP contribution < -0.4 is 5.73 Å². The van der Waals surface area contributed by atoms with Crippen LogP contribution in [0.25, 0.3) is 10.9 Å². The topological polar surface area (TPSA) is 48.0 Å². The predicted molar refractivity (Wildman–Crippen MR) is 51.4 cm³/mol. The van der Waals surface area contributed by atoms with E-state index < -0.39 is 0 Å². The first-order valence-electron chi connectivity index (χ1n) is 4.03. The molecule has 3 heteroatoms. The van der Waals surface area contributed by atoms with Crippen molar-refractivity contribution in [2.24, 2.45) is 12.8 Å². The fourth-order valence-corrected chi connectivity index (χ4v) is 1.43. The maximum Gasteiger partial charge on any atom is 0.248 e. The van der Waals surface area contributed by atoms with Crippen molar-refractivity contribution in [2.45, 2.75) is 0 Å². The van der Waals surface area contributed by atoms with Crippen molar-refractivity contribution in [3.05, 3.63) is 36.0 Å². The zero-order chi connectivity index (χ0) is 9.42. The van der Waals surface area contributed by atoms with Gasteiger partial charge in [0.2, 0.25) is 5.91 Å². The highest BCUT2D eigenvalue weighted by Gasteiger charge is 2.02. The van der Waals surface area contributed by atoms with Gasteiger partial charge in [0.25, 0.3) is 0 Å². The standard InChI is InChI=1S/C10H10N2O/c1-12-5-4-7-6-8(10(11)13)2-3-9(7)12/h2-6H,1H3,(H2,11,13). The molecular formula is C10H10N2O. The summed E-state index contributed by atoms with van der Waals surface area (Å²) in [4.78, 5) is 10.9. The maximum atomic E-state index is 10.9. The van der Waals surface area contributed by atoms with E-state index in [1.54, 1.807) is 12.1 Å².